The summed E-state index contributed by atoms with van der Waals surface area (Å²) in [5.74, 6) is -2.36. The van der Waals surface area contributed by atoms with E-state index >= 15 is 0 Å². The minimum atomic E-state index is -1.57. The summed E-state index contributed by atoms with van der Waals surface area (Å²) in [6.07, 6.45) is 0. The zero-order valence-electron chi connectivity index (χ0n) is 18.7. The Morgan fingerprint density at radius 1 is 1.06 bits per heavy atom. The fourth-order valence-corrected chi connectivity index (χ4v) is 5.22. The van der Waals surface area contributed by atoms with Crippen LogP contribution in [0.5, 0.6) is 0 Å². The SMILES string of the molecule is Cc1ccc(NC(=O)CSc2nc3ccc(NC(=O)c4cccc([N+](=O)[O-])c4C(=O)O)cc3s2)cc1. The molecule has 12 heteroatoms. The lowest BCUT2D eigenvalue weighted by atomic mass is 10.0. The Morgan fingerprint density at radius 2 is 1.78 bits per heavy atom. The van der Waals surface area contributed by atoms with Crippen LogP contribution >= 0.6 is 23.1 Å². The number of rotatable bonds is 8. The smallest absolute Gasteiger partial charge is 0.343 e. The summed E-state index contributed by atoms with van der Waals surface area (Å²) in [5.41, 5.74) is 1.18. The molecule has 0 fully saturated rings. The van der Waals surface area contributed by atoms with Gasteiger partial charge in [-0.2, -0.15) is 0 Å². The number of amides is 2. The van der Waals surface area contributed by atoms with Crippen molar-refractivity contribution in [2.75, 3.05) is 16.4 Å². The number of carboxylic acids is 1. The molecule has 0 unspecified atom stereocenters. The lowest BCUT2D eigenvalue weighted by molar-refractivity contribution is -0.385. The maximum Gasteiger partial charge on any atom is 0.343 e. The van der Waals surface area contributed by atoms with E-state index < -0.39 is 28.1 Å². The van der Waals surface area contributed by atoms with Gasteiger partial charge in [0, 0.05) is 17.4 Å². The van der Waals surface area contributed by atoms with E-state index in [1.54, 1.807) is 18.2 Å². The summed E-state index contributed by atoms with van der Waals surface area (Å²) in [5, 5.41) is 26.0. The number of carbonyl (C=O) groups excluding carboxylic acids is 2. The minimum absolute atomic E-state index is 0.165. The van der Waals surface area contributed by atoms with Crippen LogP contribution in [-0.2, 0) is 4.79 Å². The molecule has 0 aliphatic rings. The number of hydrogen-bond donors (Lipinski definition) is 3. The highest BCUT2D eigenvalue weighted by Gasteiger charge is 2.27. The van der Waals surface area contributed by atoms with Gasteiger partial charge in [0.2, 0.25) is 5.91 Å². The number of thioether (sulfide) groups is 1. The van der Waals surface area contributed by atoms with E-state index in [2.05, 4.69) is 15.6 Å². The third-order valence-corrected chi connectivity index (χ3v) is 7.15. The highest BCUT2D eigenvalue weighted by molar-refractivity contribution is 8.01. The molecule has 36 heavy (non-hydrogen) atoms. The summed E-state index contributed by atoms with van der Waals surface area (Å²) in [6.45, 7) is 1.96. The largest absolute Gasteiger partial charge is 0.477 e. The first-order chi connectivity index (χ1) is 17.2. The van der Waals surface area contributed by atoms with Gasteiger partial charge in [-0.05, 0) is 43.3 Å². The number of aromatic carboxylic acids is 1. The molecule has 0 spiro atoms. The molecule has 182 valence electrons. The average Bonchev–Trinajstić information content (AvgIpc) is 3.26. The van der Waals surface area contributed by atoms with Crippen molar-refractivity contribution in [3.05, 3.63) is 87.5 Å². The van der Waals surface area contributed by atoms with Crippen molar-refractivity contribution in [2.24, 2.45) is 0 Å². The fourth-order valence-electron chi connectivity index (χ4n) is 3.31. The van der Waals surface area contributed by atoms with Gasteiger partial charge in [-0.1, -0.05) is 35.5 Å². The standard InChI is InChI=1S/C24H18N4O6S2/c1-13-5-7-14(8-6-13)25-20(29)12-35-24-27-17-10-9-15(11-19(17)36-24)26-22(30)16-3-2-4-18(28(33)34)21(16)23(31)32/h2-11H,12H2,1H3,(H,25,29)(H,26,30)(H,31,32). The molecule has 1 aromatic heterocycles. The molecule has 2 amide bonds. The monoisotopic (exact) mass is 522 g/mol. The number of thiazole rings is 1. The molecule has 10 nitrogen and oxygen atoms in total. The average molecular weight is 523 g/mol. The molecule has 0 saturated carbocycles. The molecule has 0 bridgehead atoms. The van der Waals surface area contributed by atoms with Gasteiger partial charge in [-0.15, -0.1) is 11.3 Å². The Kier molecular flexibility index (Phi) is 7.27. The number of carboxylic acid groups (broad SMARTS) is 1. The first-order valence-corrected chi connectivity index (χ1v) is 12.2. The van der Waals surface area contributed by atoms with Gasteiger partial charge < -0.3 is 15.7 Å². The van der Waals surface area contributed by atoms with Gasteiger partial charge in [0.05, 0.1) is 26.5 Å². The molecule has 0 aliphatic heterocycles. The Balaban J connectivity index is 1.45. The van der Waals surface area contributed by atoms with Gasteiger partial charge in [0.1, 0.15) is 5.56 Å². The van der Waals surface area contributed by atoms with Crippen LogP contribution in [0, 0.1) is 17.0 Å². The lowest BCUT2D eigenvalue weighted by Crippen LogP contribution is -2.17. The Hall–Kier alpha value is -4.29. The Bertz CT molecular complexity index is 1500. The Labute approximate surface area is 212 Å². The number of nitro groups is 1. The highest BCUT2D eigenvalue weighted by Crippen LogP contribution is 2.32. The fraction of sp³-hybridized carbons (Fsp3) is 0.0833. The normalized spacial score (nSPS) is 10.7. The summed E-state index contributed by atoms with van der Waals surface area (Å²) in [7, 11) is 0. The van der Waals surface area contributed by atoms with E-state index in [-0.39, 0.29) is 17.2 Å². The second-order valence-corrected chi connectivity index (χ2v) is 9.83. The molecule has 1 heterocycles. The number of nitro benzene ring substituents is 1. The zero-order chi connectivity index (χ0) is 25.8. The number of nitrogens with zero attached hydrogens (tertiary/aromatic N) is 2. The lowest BCUT2D eigenvalue weighted by Gasteiger charge is -2.08. The van der Waals surface area contributed by atoms with Crippen LogP contribution in [0.25, 0.3) is 10.2 Å². The summed E-state index contributed by atoms with van der Waals surface area (Å²) >= 11 is 2.62. The predicted octanol–water partition coefficient (Wildman–Crippen LogP) is 5.19. The number of aromatic nitrogens is 1. The first kappa shape index (κ1) is 24.8. The van der Waals surface area contributed by atoms with Crippen LogP contribution in [-0.4, -0.2) is 38.6 Å². The van der Waals surface area contributed by atoms with Crippen molar-refractivity contribution in [2.45, 2.75) is 11.3 Å². The highest BCUT2D eigenvalue weighted by atomic mass is 32.2. The second kappa shape index (κ2) is 10.5. The minimum Gasteiger partial charge on any atom is -0.477 e. The third kappa shape index (κ3) is 5.67. The number of carbonyl (C=O) groups is 3. The maximum atomic E-state index is 12.7. The van der Waals surface area contributed by atoms with Gasteiger partial charge in [-0.3, -0.25) is 19.7 Å². The van der Waals surface area contributed by atoms with Crippen LogP contribution in [0.4, 0.5) is 17.1 Å². The van der Waals surface area contributed by atoms with Crippen LogP contribution in [0.1, 0.15) is 26.3 Å². The van der Waals surface area contributed by atoms with Crippen molar-refractivity contribution in [3.63, 3.8) is 0 Å². The molecule has 4 rings (SSSR count). The molecule has 4 aromatic rings. The number of benzene rings is 3. The van der Waals surface area contributed by atoms with E-state index in [9.17, 15) is 29.6 Å². The topological polar surface area (TPSA) is 152 Å². The van der Waals surface area contributed by atoms with Crippen molar-refractivity contribution >= 4 is 68.2 Å². The molecule has 0 atom stereocenters. The van der Waals surface area contributed by atoms with E-state index in [0.717, 1.165) is 16.3 Å². The number of aryl methyl sites for hydroxylation is 1. The molecule has 0 radical (unpaired) electrons. The molecule has 0 saturated heterocycles. The van der Waals surface area contributed by atoms with E-state index in [1.807, 2.05) is 31.2 Å². The van der Waals surface area contributed by atoms with Crippen LogP contribution in [0.15, 0.2) is 65.0 Å². The van der Waals surface area contributed by atoms with Crippen LogP contribution in [0.3, 0.4) is 0 Å². The van der Waals surface area contributed by atoms with Gasteiger partial charge in [-0.25, -0.2) is 9.78 Å². The number of hydrogen-bond acceptors (Lipinski definition) is 8. The number of nitrogens with one attached hydrogen (secondary N) is 2. The molecular weight excluding hydrogens is 504 g/mol. The quantitative estimate of drug-likeness (QED) is 0.162. The summed E-state index contributed by atoms with van der Waals surface area (Å²) in [4.78, 5) is 51.4. The van der Waals surface area contributed by atoms with Gasteiger partial charge >= 0.3 is 5.97 Å². The number of anilines is 2. The van der Waals surface area contributed by atoms with Crippen LogP contribution < -0.4 is 10.6 Å². The molecule has 0 aliphatic carbocycles. The zero-order valence-corrected chi connectivity index (χ0v) is 20.3. The maximum absolute atomic E-state index is 12.7. The van der Waals surface area contributed by atoms with Crippen molar-refractivity contribution < 1.29 is 24.4 Å². The molecular formula is C24H18N4O6S2. The van der Waals surface area contributed by atoms with Crippen LogP contribution in [0.2, 0.25) is 0 Å². The van der Waals surface area contributed by atoms with E-state index in [0.29, 0.717) is 21.2 Å². The van der Waals surface area contributed by atoms with E-state index in [1.165, 1.54) is 35.2 Å². The van der Waals surface area contributed by atoms with Gasteiger partial charge in [0.25, 0.3) is 11.6 Å². The van der Waals surface area contributed by atoms with E-state index in [4.69, 9.17) is 0 Å². The first-order valence-electron chi connectivity index (χ1n) is 10.4. The second-order valence-electron chi connectivity index (χ2n) is 7.58. The van der Waals surface area contributed by atoms with Crippen molar-refractivity contribution in [3.8, 4) is 0 Å². The summed E-state index contributed by atoms with van der Waals surface area (Å²) < 4.78 is 1.41. The Morgan fingerprint density at radius 3 is 2.47 bits per heavy atom. The number of fused-ring (bicyclic) bond motifs is 1. The van der Waals surface area contributed by atoms with Gasteiger partial charge in [0.15, 0.2) is 4.34 Å². The van der Waals surface area contributed by atoms with Crippen molar-refractivity contribution in [1.82, 2.24) is 4.98 Å². The predicted molar refractivity (Wildman–Crippen MR) is 138 cm³/mol. The third-order valence-electron chi connectivity index (χ3n) is 4.99. The molecule has 3 N–H and O–H groups in total. The van der Waals surface area contributed by atoms with Crippen molar-refractivity contribution in [1.29, 1.82) is 0 Å². The molecule has 3 aromatic carbocycles. The summed E-state index contributed by atoms with van der Waals surface area (Å²) in [6, 6.07) is 15.9.